The van der Waals surface area contributed by atoms with Gasteiger partial charge in [0.2, 0.25) is 17.7 Å². The summed E-state index contributed by atoms with van der Waals surface area (Å²) in [4.78, 5) is 47.1. The predicted molar refractivity (Wildman–Crippen MR) is 141 cm³/mol. The first kappa shape index (κ1) is 25.2. The quantitative estimate of drug-likeness (QED) is 0.570. The number of fused-ring (bicyclic) bond motifs is 1. The summed E-state index contributed by atoms with van der Waals surface area (Å²) < 4.78 is 5.11. The molecular weight excluding hydrogens is 470 g/mol. The minimum Gasteiger partial charge on any atom is -0.481 e. The number of carbonyl (C=O) groups is 3. The largest absolute Gasteiger partial charge is 0.481 e. The molecule has 0 saturated heterocycles. The number of aromatic nitrogens is 1. The number of hydrogen-bond donors (Lipinski definition) is 2. The summed E-state index contributed by atoms with van der Waals surface area (Å²) in [5.41, 5.74) is 2.61. The summed E-state index contributed by atoms with van der Waals surface area (Å²) in [6.45, 7) is 2.06. The van der Waals surface area contributed by atoms with Gasteiger partial charge in [0, 0.05) is 29.9 Å². The minimum absolute atomic E-state index is 0.00628. The molecule has 2 aromatic rings. The zero-order chi connectivity index (χ0) is 25.9. The van der Waals surface area contributed by atoms with Gasteiger partial charge in [-0.3, -0.25) is 19.3 Å². The van der Waals surface area contributed by atoms with Crippen LogP contribution in [-0.4, -0.2) is 55.0 Å². The first-order valence-electron chi connectivity index (χ1n) is 13.2. The molecule has 1 aliphatic heterocycles. The van der Waals surface area contributed by atoms with Gasteiger partial charge in [-0.05, 0) is 56.4 Å². The summed E-state index contributed by atoms with van der Waals surface area (Å²) in [7, 11) is 1.56. The Bertz CT molecular complexity index is 1160. The van der Waals surface area contributed by atoms with Crippen LogP contribution in [0, 0.1) is 0 Å². The predicted octanol–water partition coefficient (Wildman–Crippen LogP) is 3.35. The molecule has 196 valence electrons. The van der Waals surface area contributed by atoms with Crippen LogP contribution < -0.4 is 25.2 Å². The molecule has 2 fully saturated rings. The van der Waals surface area contributed by atoms with Gasteiger partial charge >= 0.3 is 0 Å². The Morgan fingerprint density at radius 2 is 1.86 bits per heavy atom. The summed E-state index contributed by atoms with van der Waals surface area (Å²) >= 11 is 0. The van der Waals surface area contributed by atoms with Gasteiger partial charge in [0.05, 0.1) is 31.1 Å². The number of hydrogen-bond acceptors (Lipinski definition) is 6. The first-order valence-corrected chi connectivity index (χ1v) is 13.2. The van der Waals surface area contributed by atoms with E-state index in [1.807, 2.05) is 13.0 Å². The summed E-state index contributed by atoms with van der Waals surface area (Å²) in [5, 5.41) is 6.40. The number of methoxy groups -OCH3 is 1. The number of carbonyl (C=O) groups excluding carboxylic acids is 3. The van der Waals surface area contributed by atoms with Gasteiger partial charge in [-0.1, -0.05) is 25.3 Å². The number of pyridine rings is 1. The third-order valence-electron chi connectivity index (χ3n) is 7.53. The van der Waals surface area contributed by atoms with E-state index in [2.05, 4.69) is 15.6 Å². The second-order valence-electron chi connectivity index (χ2n) is 10.2. The van der Waals surface area contributed by atoms with E-state index < -0.39 is 0 Å². The van der Waals surface area contributed by atoms with Crippen LogP contribution in [0.4, 0.5) is 11.4 Å². The van der Waals surface area contributed by atoms with Gasteiger partial charge < -0.3 is 20.3 Å². The molecule has 0 spiro atoms. The molecule has 9 nitrogen and oxygen atoms in total. The highest BCUT2D eigenvalue weighted by atomic mass is 16.5. The molecule has 2 heterocycles. The van der Waals surface area contributed by atoms with Crippen molar-refractivity contribution in [3.63, 3.8) is 0 Å². The van der Waals surface area contributed by atoms with Crippen molar-refractivity contribution in [3.8, 4) is 5.88 Å². The third kappa shape index (κ3) is 5.61. The standard InChI is InChI=1S/C28H35N5O4/c1-18(20-9-13-25(37-2)30-15-20)31-28(36)19-8-12-23-24(14-19)32(17-27(35)33(23)22-10-11-22)26(34)16-29-21-6-4-3-5-7-21/h8-9,12-15,18,21-22,29H,3-7,10-11,16-17H2,1-2H3,(H,31,36)/t18-/m0/s1. The van der Waals surface area contributed by atoms with Crippen LogP contribution >= 0.6 is 0 Å². The van der Waals surface area contributed by atoms with E-state index >= 15 is 0 Å². The second kappa shape index (κ2) is 10.9. The van der Waals surface area contributed by atoms with E-state index in [0.29, 0.717) is 28.9 Å². The molecule has 1 aromatic carbocycles. The van der Waals surface area contributed by atoms with Gasteiger partial charge in [0.15, 0.2) is 0 Å². The average molecular weight is 506 g/mol. The van der Waals surface area contributed by atoms with Gasteiger partial charge in [-0.2, -0.15) is 0 Å². The lowest BCUT2D eigenvalue weighted by Gasteiger charge is -2.37. The van der Waals surface area contributed by atoms with Gasteiger partial charge in [0.1, 0.15) is 6.54 Å². The van der Waals surface area contributed by atoms with Crippen molar-refractivity contribution in [3.05, 3.63) is 47.7 Å². The Hall–Kier alpha value is -3.46. The Balaban J connectivity index is 1.35. The molecule has 1 aromatic heterocycles. The maximum absolute atomic E-state index is 13.3. The smallest absolute Gasteiger partial charge is 0.251 e. The number of amides is 3. The van der Waals surface area contributed by atoms with Gasteiger partial charge in [0.25, 0.3) is 5.91 Å². The van der Waals surface area contributed by atoms with E-state index in [1.54, 1.807) is 47.4 Å². The summed E-state index contributed by atoms with van der Waals surface area (Å²) in [5.74, 6) is 0.0351. The molecule has 2 aliphatic carbocycles. The maximum atomic E-state index is 13.3. The molecule has 0 radical (unpaired) electrons. The minimum atomic E-state index is -0.274. The zero-order valence-electron chi connectivity index (χ0n) is 21.5. The molecule has 2 N–H and O–H groups in total. The number of nitrogens with one attached hydrogen (secondary N) is 2. The highest BCUT2D eigenvalue weighted by Crippen LogP contribution is 2.41. The number of anilines is 2. The SMILES string of the molecule is COc1ccc([C@H](C)NC(=O)c2ccc3c(c2)N(C(=O)CNC2CCCCC2)CC(=O)N3C2CC2)cn1. The normalized spacial score (nSPS) is 18.8. The molecule has 9 heteroatoms. The fourth-order valence-electron chi connectivity index (χ4n) is 5.24. The van der Waals surface area contributed by atoms with Crippen molar-refractivity contribution >= 4 is 29.1 Å². The van der Waals surface area contributed by atoms with Crippen molar-refractivity contribution in [1.29, 1.82) is 0 Å². The molecule has 37 heavy (non-hydrogen) atoms. The van der Waals surface area contributed by atoms with Crippen LogP contribution in [0.3, 0.4) is 0 Å². The molecule has 2 saturated carbocycles. The Morgan fingerprint density at radius 1 is 1.08 bits per heavy atom. The zero-order valence-corrected chi connectivity index (χ0v) is 21.5. The number of ether oxygens (including phenoxy) is 1. The lowest BCUT2D eigenvalue weighted by molar-refractivity contribution is -0.122. The van der Waals surface area contributed by atoms with E-state index in [4.69, 9.17) is 4.74 Å². The summed E-state index contributed by atoms with van der Waals surface area (Å²) in [6, 6.07) is 9.12. The molecule has 5 rings (SSSR count). The molecule has 1 atom stereocenters. The van der Waals surface area contributed by atoms with Crippen molar-refractivity contribution in [2.24, 2.45) is 0 Å². The lowest BCUT2D eigenvalue weighted by Crippen LogP contribution is -2.51. The molecule has 0 bridgehead atoms. The fraction of sp³-hybridized carbons (Fsp3) is 0.500. The summed E-state index contributed by atoms with van der Waals surface area (Å²) in [6.07, 6.45) is 9.34. The van der Waals surface area contributed by atoms with Crippen molar-refractivity contribution in [2.75, 3.05) is 30.0 Å². The average Bonchev–Trinajstić information content (AvgIpc) is 3.76. The number of rotatable bonds is 8. The van der Waals surface area contributed by atoms with Crippen molar-refractivity contribution < 1.29 is 19.1 Å². The maximum Gasteiger partial charge on any atom is 0.251 e. The van der Waals surface area contributed by atoms with E-state index in [9.17, 15) is 14.4 Å². The van der Waals surface area contributed by atoms with Crippen molar-refractivity contribution in [1.82, 2.24) is 15.6 Å². The Kier molecular flexibility index (Phi) is 7.41. The van der Waals surface area contributed by atoms with Crippen LogP contribution in [0.1, 0.15) is 73.8 Å². The number of nitrogens with zero attached hydrogens (tertiary/aromatic N) is 3. The number of benzene rings is 1. The monoisotopic (exact) mass is 505 g/mol. The third-order valence-corrected chi connectivity index (χ3v) is 7.53. The first-order chi connectivity index (χ1) is 17.9. The highest BCUT2D eigenvalue weighted by molar-refractivity contribution is 6.13. The Morgan fingerprint density at radius 3 is 2.54 bits per heavy atom. The lowest BCUT2D eigenvalue weighted by atomic mass is 9.95. The van der Waals surface area contributed by atoms with Crippen molar-refractivity contribution in [2.45, 2.75) is 70.0 Å². The van der Waals surface area contributed by atoms with Crippen LogP contribution in [0.15, 0.2) is 36.5 Å². The van der Waals surface area contributed by atoms with Crippen LogP contribution in [0.5, 0.6) is 5.88 Å². The van der Waals surface area contributed by atoms with E-state index in [1.165, 1.54) is 19.3 Å². The van der Waals surface area contributed by atoms with E-state index in [-0.39, 0.29) is 42.9 Å². The Labute approximate surface area is 217 Å². The topological polar surface area (TPSA) is 104 Å². The van der Waals surface area contributed by atoms with E-state index in [0.717, 1.165) is 31.2 Å². The highest BCUT2D eigenvalue weighted by Gasteiger charge is 2.40. The second-order valence-corrected chi connectivity index (χ2v) is 10.2. The molecular formula is C28H35N5O4. The molecule has 0 unspecified atom stereocenters. The van der Waals surface area contributed by atoms with Crippen LogP contribution in [0.2, 0.25) is 0 Å². The van der Waals surface area contributed by atoms with Gasteiger partial charge in [-0.25, -0.2) is 4.98 Å². The van der Waals surface area contributed by atoms with Gasteiger partial charge in [-0.15, -0.1) is 0 Å². The fourth-order valence-corrected chi connectivity index (χ4v) is 5.24. The van der Waals surface area contributed by atoms with Crippen LogP contribution in [-0.2, 0) is 9.59 Å². The van der Waals surface area contributed by atoms with Crippen LogP contribution in [0.25, 0.3) is 0 Å². The molecule has 3 amide bonds. The molecule has 3 aliphatic rings.